The van der Waals surface area contributed by atoms with Crippen LogP contribution < -0.4 is 0 Å². The molecule has 0 fully saturated rings. The van der Waals surface area contributed by atoms with Crippen molar-refractivity contribution < 1.29 is 8.42 Å². The Morgan fingerprint density at radius 3 is 1.94 bits per heavy atom. The van der Waals surface area contributed by atoms with Gasteiger partial charge in [0.25, 0.3) is 0 Å². The summed E-state index contributed by atoms with van der Waals surface area (Å²) in [7, 11) is -3.16. The monoisotopic (exact) mass is 268 g/mol. The van der Waals surface area contributed by atoms with E-state index in [-0.39, 0.29) is 11.2 Å². The van der Waals surface area contributed by atoms with Crippen molar-refractivity contribution in [3.8, 4) is 0 Å². The number of benzene rings is 1. The lowest BCUT2D eigenvalue weighted by atomic mass is 10.0. The zero-order valence-electron chi connectivity index (χ0n) is 12.0. The first-order valence-corrected chi connectivity index (χ1v) is 8.07. The molecule has 0 N–H and O–H groups in total. The first kappa shape index (κ1) is 15.2. The predicted molar refractivity (Wildman–Crippen MR) is 76.5 cm³/mol. The van der Waals surface area contributed by atoms with Crippen molar-refractivity contribution >= 4 is 9.84 Å². The summed E-state index contributed by atoms with van der Waals surface area (Å²) in [5.41, 5.74) is 0.981. The van der Waals surface area contributed by atoms with Crippen LogP contribution in [-0.4, -0.2) is 14.2 Å². The van der Waals surface area contributed by atoms with E-state index in [4.69, 9.17) is 0 Å². The fourth-order valence-electron chi connectivity index (χ4n) is 1.96. The van der Waals surface area contributed by atoms with Gasteiger partial charge in [-0.1, -0.05) is 46.8 Å². The topological polar surface area (TPSA) is 34.1 Å². The number of hydrogen-bond donors (Lipinski definition) is 0. The third-order valence-electron chi connectivity index (χ3n) is 2.55. The highest BCUT2D eigenvalue weighted by molar-refractivity contribution is 7.91. The van der Waals surface area contributed by atoms with Crippen LogP contribution in [0.1, 0.15) is 40.2 Å². The highest BCUT2D eigenvalue weighted by atomic mass is 32.2. The van der Waals surface area contributed by atoms with Gasteiger partial charge in [-0.25, -0.2) is 8.42 Å². The lowest BCUT2D eigenvalue weighted by Gasteiger charge is -2.18. The molecule has 0 spiro atoms. The minimum atomic E-state index is -3.16. The van der Waals surface area contributed by atoms with Gasteiger partial charge in [-0.2, -0.15) is 0 Å². The summed E-state index contributed by atoms with van der Waals surface area (Å²) in [5, 5.41) is 0. The average Bonchev–Trinajstić information content (AvgIpc) is 2.13. The molecule has 3 heteroatoms. The Labute approximate surface area is 111 Å². The third kappa shape index (κ3) is 4.81. The van der Waals surface area contributed by atoms with Gasteiger partial charge in [-0.05, 0) is 35.4 Å². The highest BCUT2D eigenvalue weighted by Gasteiger charge is 2.23. The normalized spacial score (nSPS) is 13.0. The SMILES string of the molecule is CC(C)Cc1ccc(S(=O)(=O)CC(C)(C)C)cc1. The molecule has 1 rings (SSSR count). The van der Waals surface area contributed by atoms with E-state index < -0.39 is 9.84 Å². The van der Waals surface area contributed by atoms with Crippen LogP contribution in [0.4, 0.5) is 0 Å². The van der Waals surface area contributed by atoms with Crippen molar-refractivity contribution in [2.24, 2.45) is 11.3 Å². The zero-order chi connectivity index (χ0) is 14.0. The summed E-state index contributed by atoms with van der Waals surface area (Å²) >= 11 is 0. The number of hydrogen-bond acceptors (Lipinski definition) is 2. The van der Waals surface area contributed by atoms with Crippen LogP contribution in [0.2, 0.25) is 0 Å². The van der Waals surface area contributed by atoms with Crippen molar-refractivity contribution in [2.75, 3.05) is 5.75 Å². The molecule has 1 aromatic rings. The molecule has 2 nitrogen and oxygen atoms in total. The summed E-state index contributed by atoms with van der Waals surface area (Å²) in [4.78, 5) is 0.435. The molecule has 0 saturated carbocycles. The molecule has 0 atom stereocenters. The molecule has 0 saturated heterocycles. The molecule has 0 aliphatic heterocycles. The van der Waals surface area contributed by atoms with Gasteiger partial charge in [0.2, 0.25) is 0 Å². The number of sulfone groups is 1. The minimum absolute atomic E-state index is 0.184. The van der Waals surface area contributed by atoms with Crippen molar-refractivity contribution in [1.82, 2.24) is 0 Å². The van der Waals surface area contributed by atoms with Gasteiger partial charge in [0.15, 0.2) is 9.84 Å². The second-order valence-corrected chi connectivity index (χ2v) is 8.55. The van der Waals surface area contributed by atoms with Crippen molar-refractivity contribution in [1.29, 1.82) is 0 Å². The maximum absolute atomic E-state index is 12.2. The van der Waals surface area contributed by atoms with Gasteiger partial charge in [-0.3, -0.25) is 0 Å². The van der Waals surface area contributed by atoms with Gasteiger partial charge < -0.3 is 0 Å². The first-order valence-electron chi connectivity index (χ1n) is 6.42. The van der Waals surface area contributed by atoms with Crippen LogP contribution in [0, 0.1) is 11.3 Å². The van der Waals surface area contributed by atoms with E-state index in [0.717, 1.165) is 6.42 Å². The highest BCUT2D eigenvalue weighted by Crippen LogP contribution is 2.22. The molecule has 1 aromatic carbocycles. The van der Waals surface area contributed by atoms with E-state index in [2.05, 4.69) is 13.8 Å². The fraction of sp³-hybridized carbons (Fsp3) is 0.600. The van der Waals surface area contributed by atoms with Crippen molar-refractivity contribution in [3.63, 3.8) is 0 Å². The van der Waals surface area contributed by atoms with Crippen LogP contribution in [0.25, 0.3) is 0 Å². The Morgan fingerprint density at radius 2 is 1.56 bits per heavy atom. The van der Waals surface area contributed by atoms with Crippen molar-refractivity contribution in [3.05, 3.63) is 29.8 Å². The van der Waals surface area contributed by atoms with Gasteiger partial charge in [0, 0.05) is 0 Å². The molecular weight excluding hydrogens is 244 g/mol. The summed E-state index contributed by atoms with van der Waals surface area (Å²) < 4.78 is 24.4. The van der Waals surface area contributed by atoms with E-state index in [0.29, 0.717) is 10.8 Å². The van der Waals surface area contributed by atoms with E-state index in [1.165, 1.54) is 5.56 Å². The molecule has 0 aliphatic rings. The Hall–Kier alpha value is -0.830. The molecule has 0 aromatic heterocycles. The molecule has 0 bridgehead atoms. The second-order valence-electron chi connectivity index (χ2n) is 6.56. The van der Waals surface area contributed by atoms with Crippen molar-refractivity contribution in [2.45, 2.75) is 45.9 Å². The Kier molecular flexibility index (Phi) is 4.60. The lowest BCUT2D eigenvalue weighted by molar-refractivity contribution is 0.461. The average molecular weight is 268 g/mol. The van der Waals surface area contributed by atoms with Gasteiger partial charge in [0.1, 0.15) is 0 Å². The molecule has 0 unspecified atom stereocenters. The molecule has 0 heterocycles. The summed E-state index contributed by atoms with van der Waals surface area (Å²) in [6, 6.07) is 7.32. The van der Waals surface area contributed by atoms with Crippen LogP contribution in [-0.2, 0) is 16.3 Å². The quantitative estimate of drug-likeness (QED) is 0.834. The van der Waals surface area contributed by atoms with Crippen LogP contribution >= 0.6 is 0 Å². The minimum Gasteiger partial charge on any atom is -0.224 e. The second kappa shape index (κ2) is 5.43. The van der Waals surface area contributed by atoms with E-state index >= 15 is 0 Å². The van der Waals surface area contributed by atoms with Gasteiger partial charge in [-0.15, -0.1) is 0 Å². The largest absolute Gasteiger partial charge is 0.224 e. The molecule has 0 amide bonds. The first-order chi connectivity index (χ1) is 8.10. The third-order valence-corrected chi connectivity index (χ3v) is 4.79. The summed E-state index contributed by atoms with van der Waals surface area (Å²) in [5.74, 6) is 0.769. The fourth-order valence-corrected chi connectivity index (χ4v) is 3.82. The molecule has 18 heavy (non-hydrogen) atoms. The smallest absolute Gasteiger partial charge is 0.178 e. The maximum atomic E-state index is 12.2. The molecule has 0 radical (unpaired) electrons. The number of rotatable bonds is 4. The van der Waals surface area contributed by atoms with E-state index in [1.54, 1.807) is 12.1 Å². The predicted octanol–water partition coefficient (Wildman–Crippen LogP) is 3.70. The van der Waals surface area contributed by atoms with E-state index in [1.807, 2.05) is 32.9 Å². The Morgan fingerprint density at radius 1 is 1.06 bits per heavy atom. The zero-order valence-corrected chi connectivity index (χ0v) is 12.8. The van der Waals surface area contributed by atoms with Gasteiger partial charge >= 0.3 is 0 Å². The van der Waals surface area contributed by atoms with Gasteiger partial charge in [0.05, 0.1) is 10.6 Å². The maximum Gasteiger partial charge on any atom is 0.178 e. The van der Waals surface area contributed by atoms with Crippen LogP contribution in [0.5, 0.6) is 0 Å². The standard InChI is InChI=1S/C15H24O2S/c1-12(2)10-13-6-8-14(9-7-13)18(16,17)11-15(3,4)5/h6-9,12H,10-11H2,1-5H3. The summed E-state index contributed by atoms with van der Waals surface area (Å²) in [6.07, 6.45) is 0.986. The Balaban J connectivity index is 2.91. The molecular formula is C15H24O2S. The van der Waals surface area contributed by atoms with Crippen LogP contribution in [0.15, 0.2) is 29.2 Å². The summed E-state index contributed by atoms with van der Waals surface area (Å²) in [6.45, 7) is 10.1. The molecule has 102 valence electrons. The van der Waals surface area contributed by atoms with Crippen LogP contribution in [0.3, 0.4) is 0 Å². The van der Waals surface area contributed by atoms with E-state index in [9.17, 15) is 8.42 Å². The lowest BCUT2D eigenvalue weighted by Crippen LogP contribution is -2.20. The Bertz CT molecular complexity index is 476. The molecule has 0 aliphatic carbocycles.